The summed E-state index contributed by atoms with van der Waals surface area (Å²) in [6.45, 7) is 0. The maximum Gasteiger partial charge on any atom is 0.416 e. The Morgan fingerprint density at radius 3 is 2.48 bits per heavy atom. The molecule has 0 N–H and O–H groups in total. The highest BCUT2D eigenvalue weighted by Gasteiger charge is 2.32. The highest BCUT2D eigenvalue weighted by Crippen LogP contribution is 2.40. The summed E-state index contributed by atoms with van der Waals surface area (Å²) in [5.41, 5.74) is -0.258. The normalized spacial score (nSPS) is 15.2. The molecule has 1 nitrogen and oxygen atoms in total. The number of carbonyl (C=O) groups excluding carboxylic acids is 1. The Labute approximate surface area is 128 Å². The third-order valence-electron chi connectivity index (χ3n) is 3.36. The van der Waals surface area contributed by atoms with E-state index in [4.69, 9.17) is 11.6 Å². The van der Waals surface area contributed by atoms with Crippen molar-refractivity contribution in [1.82, 2.24) is 0 Å². The fourth-order valence-corrected chi connectivity index (χ4v) is 3.46. The monoisotopic (exact) mass is 330 g/mol. The van der Waals surface area contributed by atoms with Crippen molar-refractivity contribution in [3.8, 4) is 10.4 Å². The van der Waals surface area contributed by atoms with Crippen LogP contribution < -0.4 is 0 Å². The molecule has 1 fully saturated rings. The average Bonchev–Trinajstić information content (AvgIpc) is 3.15. The van der Waals surface area contributed by atoms with E-state index in [2.05, 4.69) is 0 Å². The maximum absolute atomic E-state index is 12.6. The zero-order chi connectivity index (χ0) is 15.2. The maximum atomic E-state index is 12.6. The predicted molar refractivity (Wildman–Crippen MR) is 76.8 cm³/mol. The highest BCUT2D eigenvalue weighted by molar-refractivity contribution is 7.17. The second kappa shape index (κ2) is 5.14. The molecule has 1 aromatic heterocycles. The lowest BCUT2D eigenvalue weighted by molar-refractivity contribution is -0.137. The molecule has 0 atom stereocenters. The van der Waals surface area contributed by atoms with Crippen LogP contribution in [0.1, 0.15) is 28.1 Å². The fraction of sp³-hybridized carbons (Fsp3) is 0.267. The van der Waals surface area contributed by atoms with Crippen LogP contribution >= 0.6 is 22.9 Å². The number of rotatable bonds is 3. The van der Waals surface area contributed by atoms with Crippen LogP contribution in [-0.2, 0) is 6.18 Å². The Balaban J connectivity index is 1.92. The van der Waals surface area contributed by atoms with Crippen molar-refractivity contribution in [3.63, 3.8) is 0 Å². The van der Waals surface area contributed by atoms with E-state index in [9.17, 15) is 18.0 Å². The van der Waals surface area contributed by atoms with Gasteiger partial charge in [0.25, 0.3) is 0 Å². The van der Waals surface area contributed by atoms with Crippen LogP contribution in [0.25, 0.3) is 10.4 Å². The number of alkyl halides is 3. The van der Waals surface area contributed by atoms with Gasteiger partial charge in [-0.3, -0.25) is 4.79 Å². The lowest BCUT2D eigenvalue weighted by Crippen LogP contribution is -2.04. The van der Waals surface area contributed by atoms with Gasteiger partial charge in [0.05, 0.1) is 10.4 Å². The Morgan fingerprint density at radius 2 is 1.90 bits per heavy atom. The van der Waals surface area contributed by atoms with Crippen LogP contribution in [0.5, 0.6) is 0 Å². The molecular formula is C15H10ClF3OS. The number of hydrogen-bond donors (Lipinski definition) is 0. The molecule has 0 amide bonds. The number of halogens is 4. The molecule has 0 saturated heterocycles. The van der Waals surface area contributed by atoms with E-state index in [-0.39, 0.29) is 16.7 Å². The summed E-state index contributed by atoms with van der Waals surface area (Å²) in [5.74, 6) is 0.244. The molecule has 6 heteroatoms. The van der Waals surface area contributed by atoms with E-state index < -0.39 is 11.7 Å². The van der Waals surface area contributed by atoms with E-state index in [0.29, 0.717) is 15.3 Å². The molecule has 1 aliphatic carbocycles. The minimum absolute atomic E-state index is 0.0390. The quantitative estimate of drug-likeness (QED) is 0.662. The predicted octanol–water partition coefficient (Wildman–Crippen LogP) is 5.68. The number of Topliss-reactive ketones (excluding diaryl/α,β-unsaturated/α-hetero) is 1. The van der Waals surface area contributed by atoms with E-state index in [1.165, 1.54) is 17.4 Å². The Bertz CT molecular complexity index is 701. The molecule has 0 unspecified atom stereocenters. The fourth-order valence-electron chi connectivity index (χ4n) is 2.05. The van der Waals surface area contributed by atoms with Gasteiger partial charge >= 0.3 is 6.18 Å². The summed E-state index contributed by atoms with van der Waals surface area (Å²) in [7, 11) is 0. The zero-order valence-electron chi connectivity index (χ0n) is 10.7. The Morgan fingerprint density at radius 1 is 1.19 bits per heavy atom. The molecule has 3 rings (SSSR count). The zero-order valence-corrected chi connectivity index (χ0v) is 12.3. The SMILES string of the molecule is O=C(c1ccc(-c2ccc(C(F)(F)F)cc2Cl)s1)C1CC1. The number of carbonyl (C=O) groups is 1. The first kappa shape index (κ1) is 14.6. The highest BCUT2D eigenvalue weighted by atomic mass is 35.5. The van der Waals surface area contributed by atoms with Gasteiger partial charge in [-0.15, -0.1) is 11.3 Å². The van der Waals surface area contributed by atoms with Crippen LogP contribution in [0, 0.1) is 5.92 Å². The van der Waals surface area contributed by atoms with Crippen LogP contribution in [-0.4, -0.2) is 5.78 Å². The molecule has 0 aliphatic heterocycles. The average molecular weight is 331 g/mol. The molecular weight excluding hydrogens is 321 g/mol. The van der Waals surface area contributed by atoms with Crippen LogP contribution in [0.4, 0.5) is 13.2 Å². The second-order valence-electron chi connectivity index (χ2n) is 4.99. The largest absolute Gasteiger partial charge is 0.416 e. The molecule has 0 radical (unpaired) electrons. The molecule has 1 saturated carbocycles. The second-order valence-corrected chi connectivity index (χ2v) is 6.49. The van der Waals surface area contributed by atoms with Crippen molar-refractivity contribution in [2.24, 2.45) is 5.92 Å². The number of thiophene rings is 1. The van der Waals surface area contributed by atoms with Crippen molar-refractivity contribution in [1.29, 1.82) is 0 Å². The Hall–Kier alpha value is -1.33. The smallest absolute Gasteiger partial charge is 0.293 e. The first-order valence-corrected chi connectivity index (χ1v) is 7.57. The van der Waals surface area contributed by atoms with Gasteiger partial charge in [0.1, 0.15) is 0 Å². The number of hydrogen-bond acceptors (Lipinski definition) is 2. The van der Waals surface area contributed by atoms with Gasteiger partial charge in [0, 0.05) is 21.4 Å². The molecule has 21 heavy (non-hydrogen) atoms. The number of benzene rings is 1. The minimum Gasteiger partial charge on any atom is -0.293 e. The summed E-state index contributed by atoms with van der Waals surface area (Å²) >= 11 is 7.23. The molecule has 1 aromatic carbocycles. The standard InChI is InChI=1S/C15H10ClF3OS/c16-11-7-9(15(17,18)19)3-4-10(11)12-5-6-13(21-12)14(20)8-1-2-8/h3-8H,1-2H2. The molecule has 2 aromatic rings. The first-order chi connectivity index (χ1) is 9.86. The lowest BCUT2D eigenvalue weighted by Gasteiger charge is -2.08. The molecule has 110 valence electrons. The van der Waals surface area contributed by atoms with E-state index in [1.54, 1.807) is 12.1 Å². The van der Waals surface area contributed by atoms with Gasteiger partial charge in [-0.05, 0) is 37.1 Å². The van der Waals surface area contributed by atoms with Crippen molar-refractivity contribution in [3.05, 3.63) is 45.8 Å². The molecule has 1 aliphatic rings. The van der Waals surface area contributed by atoms with E-state index in [0.717, 1.165) is 25.0 Å². The lowest BCUT2D eigenvalue weighted by atomic mass is 10.1. The summed E-state index contributed by atoms with van der Waals surface area (Å²) in [5, 5.41) is 0.0390. The van der Waals surface area contributed by atoms with Gasteiger partial charge in [0.2, 0.25) is 0 Å². The van der Waals surface area contributed by atoms with Gasteiger partial charge in [-0.1, -0.05) is 17.7 Å². The summed E-state index contributed by atoms with van der Waals surface area (Å²) in [6, 6.07) is 6.72. The van der Waals surface area contributed by atoms with Crippen LogP contribution in [0.2, 0.25) is 5.02 Å². The summed E-state index contributed by atoms with van der Waals surface area (Å²) in [6.07, 6.45) is -2.56. The van der Waals surface area contributed by atoms with Crippen LogP contribution in [0.15, 0.2) is 30.3 Å². The van der Waals surface area contributed by atoms with Crippen molar-refractivity contribution in [2.45, 2.75) is 19.0 Å². The molecule has 1 heterocycles. The van der Waals surface area contributed by atoms with E-state index in [1.807, 2.05) is 0 Å². The topological polar surface area (TPSA) is 17.1 Å². The first-order valence-electron chi connectivity index (χ1n) is 6.37. The van der Waals surface area contributed by atoms with Crippen LogP contribution in [0.3, 0.4) is 0 Å². The van der Waals surface area contributed by atoms with Gasteiger partial charge in [-0.25, -0.2) is 0 Å². The van der Waals surface area contributed by atoms with Crippen molar-refractivity contribution >= 4 is 28.7 Å². The van der Waals surface area contributed by atoms with Crippen molar-refractivity contribution in [2.75, 3.05) is 0 Å². The molecule has 0 spiro atoms. The Kier molecular flexibility index (Phi) is 3.58. The third kappa shape index (κ3) is 2.99. The van der Waals surface area contributed by atoms with Gasteiger partial charge in [0.15, 0.2) is 5.78 Å². The van der Waals surface area contributed by atoms with Gasteiger partial charge in [-0.2, -0.15) is 13.2 Å². The van der Waals surface area contributed by atoms with E-state index >= 15 is 0 Å². The number of ketones is 1. The molecule has 0 bridgehead atoms. The minimum atomic E-state index is -4.41. The van der Waals surface area contributed by atoms with Crippen molar-refractivity contribution < 1.29 is 18.0 Å². The summed E-state index contributed by atoms with van der Waals surface area (Å²) in [4.78, 5) is 13.3. The summed E-state index contributed by atoms with van der Waals surface area (Å²) < 4.78 is 37.8. The third-order valence-corrected chi connectivity index (χ3v) is 4.80. The van der Waals surface area contributed by atoms with Gasteiger partial charge < -0.3 is 0 Å².